The van der Waals surface area contributed by atoms with Gasteiger partial charge in [0, 0.05) is 23.7 Å². The largest absolute Gasteiger partial charge is 0.497 e. The minimum absolute atomic E-state index is 0.00199. The van der Waals surface area contributed by atoms with E-state index in [1.54, 1.807) is 18.2 Å². The van der Waals surface area contributed by atoms with Crippen molar-refractivity contribution in [2.24, 2.45) is 0 Å². The maximum absolute atomic E-state index is 11.0. The van der Waals surface area contributed by atoms with E-state index in [-0.39, 0.29) is 5.69 Å². The van der Waals surface area contributed by atoms with Gasteiger partial charge in [-0.2, -0.15) is 0 Å². The summed E-state index contributed by atoms with van der Waals surface area (Å²) in [7, 11) is 1.51. The number of hydrogen-bond acceptors (Lipinski definition) is 4. The fraction of sp³-hybridized carbons (Fsp3) is 0.143. The first-order valence-corrected chi connectivity index (χ1v) is 6.29. The molecule has 2 aromatic rings. The fourth-order valence-electron chi connectivity index (χ4n) is 1.78. The van der Waals surface area contributed by atoms with Gasteiger partial charge < -0.3 is 10.1 Å². The van der Waals surface area contributed by atoms with Gasteiger partial charge >= 0.3 is 0 Å². The summed E-state index contributed by atoms with van der Waals surface area (Å²) in [5.41, 5.74) is 1.26. The standard InChI is InChI=1S/C14H13ClN2O3/c1-20-11-6-7-14(17(18)19)13(8-11)16-9-10-4-2-3-5-12(10)15/h2-8,16H,9H2,1H3. The summed E-state index contributed by atoms with van der Waals surface area (Å²) >= 11 is 6.05. The summed E-state index contributed by atoms with van der Waals surface area (Å²) in [5.74, 6) is 0.553. The molecule has 5 nitrogen and oxygen atoms in total. The van der Waals surface area contributed by atoms with Crippen LogP contribution in [0.5, 0.6) is 5.75 Å². The third-order valence-corrected chi connectivity index (χ3v) is 3.20. The number of anilines is 1. The van der Waals surface area contributed by atoms with E-state index in [9.17, 15) is 10.1 Å². The van der Waals surface area contributed by atoms with Gasteiger partial charge in [-0.05, 0) is 17.7 Å². The maximum Gasteiger partial charge on any atom is 0.292 e. The molecule has 0 amide bonds. The molecule has 0 aliphatic carbocycles. The molecule has 0 aliphatic rings. The summed E-state index contributed by atoms with van der Waals surface area (Å²) in [4.78, 5) is 10.6. The van der Waals surface area contributed by atoms with Crippen molar-refractivity contribution < 1.29 is 9.66 Å². The molecule has 20 heavy (non-hydrogen) atoms. The van der Waals surface area contributed by atoms with Gasteiger partial charge in [-0.1, -0.05) is 29.8 Å². The second-order valence-corrected chi connectivity index (χ2v) is 4.49. The topological polar surface area (TPSA) is 64.4 Å². The van der Waals surface area contributed by atoms with E-state index in [4.69, 9.17) is 16.3 Å². The summed E-state index contributed by atoms with van der Waals surface area (Å²) in [6, 6.07) is 11.9. The zero-order chi connectivity index (χ0) is 14.5. The zero-order valence-electron chi connectivity index (χ0n) is 10.8. The lowest BCUT2D eigenvalue weighted by atomic mass is 10.2. The maximum atomic E-state index is 11.0. The monoisotopic (exact) mass is 292 g/mol. The minimum Gasteiger partial charge on any atom is -0.497 e. The molecule has 0 aromatic heterocycles. The van der Waals surface area contributed by atoms with Crippen LogP contribution in [0.3, 0.4) is 0 Å². The van der Waals surface area contributed by atoms with E-state index < -0.39 is 4.92 Å². The van der Waals surface area contributed by atoms with Crippen molar-refractivity contribution in [3.63, 3.8) is 0 Å². The van der Waals surface area contributed by atoms with Crippen LogP contribution in [0.4, 0.5) is 11.4 Å². The Balaban J connectivity index is 2.24. The number of rotatable bonds is 5. The number of methoxy groups -OCH3 is 1. The fourth-order valence-corrected chi connectivity index (χ4v) is 1.98. The lowest BCUT2D eigenvalue weighted by Crippen LogP contribution is -2.03. The van der Waals surface area contributed by atoms with E-state index in [1.807, 2.05) is 18.2 Å². The van der Waals surface area contributed by atoms with Gasteiger partial charge in [0.05, 0.1) is 12.0 Å². The van der Waals surface area contributed by atoms with Crippen molar-refractivity contribution in [3.8, 4) is 5.75 Å². The normalized spacial score (nSPS) is 10.1. The molecule has 0 aliphatic heterocycles. The van der Waals surface area contributed by atoms with Gasteiger partial charge in [0.2, 0.25) is 0 Å². The first-order valence-electron chi connectivity index (χ1n) is 5.91. The number of nitro groups is 1. The first-order chi connectivity index (χ1) is 9.61. The number of ether oxygens (including phenoxy) is 1. The average molecular weight is 293 g/mol. The molecule has 0 heterocycles. The van der Waals surface area contributed by atoms with Crippen LogP contribution < -0.4 is 10.1 Å². The number of nitro benzene ring substituents is 1. The lowest BCUT2D eigenvalue weighted by molar-refractivity contribution is -0.384. The number of hydrogen-bond donors (Lipinski definition) is 1. The van der Waals surface area contributed by atoms with Crippen LogP contribution in [-0.2, 0) is 6.54 Å². The Morgan fingerprint density at radius 1 is 1.30 bits per heavy atom. The Hall–Kier alpha value is -2.27. The Morgan fingerprint density at radius 3 is 2.70 bits per heavy atom. The quantitative estimate of drug-likeness (QED) is 0.671. The highest BCUT2D eigenvalue weighted by Crippen LogP contribution is 2.29. The molecule has 2 aromatic carbocycles. The smallest absolute Gasteiger partial charge is 0.292 e. The molecule has 0 atom stereocenters. The number of nitrogens with zero attached hydrogens (tertiary/aromatic N) is 1. The predicted molar refractivity (Wildman–Crippen MR) is 78.4 cm³/mol. The van der Waals surface area contributed by atoms with Crippen LogP contribution in [0, 0.1) is 10.1 Å². The van der Waals surface area contributed by atoms with Crippen molar-refractivity contribution in [3.05, 3.63) is 63.2 Å². The van der Waals surface area contributed by atoms with Crippen molar-refractivity contribution in [2.45, 2.75) is 6.54 Å². The molecule has 2 rings (SSSR count). The Labute approximate surface area is 121 Å². The second-order valence-electron chi connectivity index (χ2n) is 4.09. The summed E-state index contributed by atoms with van der Waals surface area (Å²) < 4.78 is 5.08. The SMILES string of the molecule is COc1ccc([N+](=O)[O-])c(NCc2ccccc2Cl)c1. The number of benzene rings is 2. The van der Waals surface area contributed by atoms with Crippen molar-refractivity contribution >= 4 is 23.0 Å². The predicted octanol–water partition coefficient (Wildman–Crippen LogP) is 3.87. The summed E-state index contributed by atoms with van der Waals surface area (Å²) in [5, 5.41) is 14.6. The van der Waals surface area contributed by atoms with Crippen LogP contribution in [0.2, 0.25) is 5.02 Å². The molecule has 0 unspecified atom stereocenters. The molecular formula is C14H13ClN2O3. The molecule has 6 heteroatoms. The van der Waals surface area contributed by atoms with E-state index in [1.165, 1.54) is 13.2 Å². The van der Waals surface area contributed by atoms with Gasteiger partial charge in [0.15, 0.2) is 0 Å². The molecule has 1 N–H and O–H groups in total. The third-order valence-electron chi connectivity index (χ3n) is 2.83. The number of halogens is 1. The van der Waals surface area contributed by atoms with Crippen molar-refractivity contribution in [2.75, 3.05) is 12.4 Å². The highest BCUT2D eigenvalue weighted by Gasteiger charge is 2.14. The first kappa shape index (κ1) is 14.1. The molecule has 104 valence electrons. The van der Waals surface area contributed by atoms with Gasteiger partial charge in [-0.25, -0.2) is 0 Å². The highest BCUT2D eigenvalue weighted by molar-refractivity contribution is 6.31. The average Bonchev–Trinajstić information content (AvgIpc) is 2.46. The van der Waals surface area contributed by atoms with Gasteiger partial charge in [-0.15, -0.1) is 0 Å². The van der Waals surface area contributed by atoms with Gasteiger partial charge in [0.1, 0.15) is 11.4 Å². The molecule has 0 radical (unpaired) electrons. The Morgan fingerprint density at radius 2 is 2.05 bits per heavy atom. The van der Waals surface area contributed by atoms with Gasteiger partial charge in [-0.3, -0.25) is 10.1 Å². The third kappa shape index (κ3) is 3.19. The molecular weight excluding hydrogens is 280 g/mol. The molecule has 0 spiro atoms. The van der Waals surface area contributed by atoms with Crippen LogP contribution in [0.15, 0.2) is 42.5 Å². The van der Waals surface area contributed by atoms with Crippen LogP contribution >= 0.6 is 11.6 Å². The van der Waals surface area contributed by atoms with E-state index in [0.717, 1.165) is 5.56 Å². The summed E-state index contributed by atoms with van der Waals surface area (Å²) in [6.07, 6.45) is 0. The van der Waals surface area contributed by atoms with E-state index >= 15 is 0 Å². The second kappa shape index (κ2) is 6.25. The molecule has 0 bridgehead atoms. The summed E-state index contributed by atoms with van der Waals surface area (Å²) in [6.45, 7) is 0.397. The van der Waals surface area contributed by atoms with Crippen LogP contribution in [-0.4, -0.2) is 12.0 Å². The lowest BCUT2D eigenvalue weighted by Gasteiger charge is -2.10. The van der Waals surface area contributed by atoms with Crippen LogP contribution in [0.1, 0.15) is 5.56 Å². The number of nitrogens with one attached hydrogen (secondary N) is 1. The highest BCUT2D eigenvalue weighted by atomic mass is 35.5. The molecule has 0 saturated heterocycles. The minimum atomic E-state index is -0.436. The van der Waals surface area contributed by atoms with Crippen LogP contribution in [0.25, 0.3) is 0 Å². The zero-order valence-corrected chi connectivity index (χ0v) is 11.6. The Kier molecular flexibility index (Phi) is 4.42. The van der Waals surface area contributed by atoms with Crippen molar-refractivity contribution in [1.82, 2.24) is 0 Å². The van der Waals surface area contributed by atoms with Crippen molar-refractivity contribution in [1.29, 1.82) is 0 Å². The van der Waals surface area contributed by atoms with E-state index in [0.29, 0.717) is 23.0 Å². The molecule has 0 fully saturated rings. The van der Waals surface area contributed by atoms with Gasteiger partial charge in [0.25, 0.3) is 5.69 Å². The Bertz CT molecular complexity index is 632. The van der Waals surface area contributed by atoms with E-state index in [2.05, 4.69) is 5.32 Å². The molecule has 0 saturated carbocycles.